The number of hydrogen-bond acceptors (Lipinski definition) is 5. The largest absolute Gasteiger partial charge is 0.490 e. The zero-order chi connectivity index (χ0) is 30.3. The minimum Gasteiger partial charge on any atom is -0.490 e. The highest BCUT2D eigenvalue weighted by atomic mass is 79.9. The standard InChI is InChI=1S/C32H30BrCl2N3O5/c1-2-42-31(41)38-12-10-22(11-13-38)43-27-9-6-19(33)15-23(27)29-32(24-8-7-21(35)16-26(24)36-30(32)40)25(17-28(39)37-29)18-4-3-5-20(34)14-18/h3-9,14-16,22,25,29H,2,10-13,17H2,1H3,(H,36,40)(H,37,39)/t25-,29+,32-/m0/s1. The molecule has 224 valence electrons. The molecule has 2 N–H and O–H groups in total. The number of anilines is 1. The molecule has 0 radical (unpaired) electrons. The van der Waals surface area contributed by atoms with Crippen molar-refractivity contribution in [2.75, 3.05) is 25.0 Å². The number of nitrogens with zero attached hydrogens (tertiary/aromatic N) is 1. The van der Waals surface area contributed by atoms with Crippen molar-refractivity contribution in [1.82, 2.24) is 10.2 Å². The Hall–Kier alpha value is -3.27. The second-order valence-corrected chi connectivity index (χ2v) is 12.8. The van der Waals surface area contributed by atoms with E-state index < -0.39 is 17.4 Å². The highest BCUT2D eigenvalue weighted by Gasteiger charge is 2.61. The molecular weight excluding hydrogens is 657 g/mol. The Kier molecular flexibility index (Phi) is 8.33. The number of ether oxygens (including phenoxy) is 2. The highest BCUT2D eigenvalue weighted by molar-refractivity contribution is 9.10. The number of carbonyl (C=O) groups is 3. The number of hydrogen-bond donors (Lipinski definition) is 2. The molecule has 2 fully saturated rings. The molecule has 0 bridgehead atoms. The van der Waals surface area contributed by atoms with Crippen LogP contribution in [0.1, 0.15) is 54.8 Å². The number of halogens is 3. The van der Waals surface area contributed by atoms with Crippen molar-refractivity contribution in [3.8, 4) is 5.75 Å². The zero-order valence-electron chi connectivity index (χ0n) is 23.4. The molecule has 8 nitrogen and oxygen atoms in total. The molecule has 3 aromatic carbocycles. The van der Waals surface area contributed by atoms with E-state index in [4.69, 9.17) is 32.7 Å². The molecule has 2 saturated heterocycles. The average molecular weight is 687 g/mol. The predicted octanol–water partition coefficient (Wildman–Crippen LogP) is 6.99. The van der Waals surface area contributed by atoms with Gasteiger partial charge in [-0.15, -0.1) is 0 Å². The normalized spacial score (nSPS) is 23.5. The Morgan fingerprint density at radius 3 is 2.56 bits per heavy atom. The summed E-state index contributed by atoms with van der Waals surface area (Å²) in [7, 11) is 0. The number of rotatable bonds is 5. The summed E-state index contributed by atoms with van der Waals surface area (Å²) in [6.07, 6.45) is 0.818. The maximum Gasteiger partial charge on any atom is 0.409 e. The molecule has 0 unspecified atom stereocenters. The van der Waals surface area contributed by atoms with Crippen molar-refractivity contribution in [3.63, 3.8) is 0 Å². The van der Waals surface area contributed by atoms with Gasteiger partial charge in [-0.1, -0.05) is 57.3 Å². The molecule has 0 aromatic heterocycles. The smallest absolute Gasteiger partial charge is 0.409 e. The molecule has 3 aliphatic heterocycles. The molecule has 3 aliphatic rings. The lowest BCUT2D eigenvalue weighted by Gasteiger charge is -2.47. The van der Waals surface area contributed by atoms with Crippen LogP contribution in [0.15, 0.2) is 65.1 Å². The van der Waals surface area contributed by atoms with Gasteiger partial charge in [0.15, 0.2) is 0 Å². The van der Waals surface area contributed by atoms with Crippen LogP contribution in [0.4, 0.5) is 10.5 Å². The molecule has 0 saturated carbocycles. The molecular formula is C32H30BrCl2N3O5. The number of fused-ring (bicyclic) bond motifs is 2. The van der Waals surface area contributed by atoms with Crippen molar-refractivity contribution in [2.45, 2.75) is 49.7 Å². The first-order valence-electron chi connectivity index (χ1n) is 14.2. The van der Waals surface area contributed by atoms with Gasteiger partial charge < -0.3 is 25.0 Å². The molecule has 43 heavy (non-hydrogen) atoms. The van der Waals surface area contributed by atoms with Gasteiger partial charge in [0.1, 0.15) is 17.3 Å². The van der Waals surface area contributed by atoms with Crippen molar-refractivity contribution in [2.24, 2.45) is 0 Å². The van der Waals surface area contributed by atoms with Crippen LogP contribution in [0.25, 0.3) is 0 Å². The number of carbonyl (C=O) groups excluding carboxylic acids is 3. The van der Waals surface area contributed by atoms with Crippen LogP contribution in [-0.4, -0.2) is 48.6 Å². The van der Waals surface area contributed by atoms with E-state index in [1.54, 1.807) is 30.0 Å². The van der Waals surface area contributed by atoms with Crippen molar-refractivity contribution >= 4 is 62.7 Å². The number of nitrogens with one attached hydrogen (secondary N) is 2. The van der Waals surface area contributed by atoms with E-state index in [9.17, 15) is 14.4 Å². The maximum atomic E-state index is 14.4. The van der Waals surface area contributed by atoms with E-state index in [0.717, 1.165) is 15.6 Å². The van der Waals surface area contributed by atoms with Crippen LogP contribution in [0.5, 0.6) is 5.75 Å². The lowest BCUT2D eigenvalue weighted by atomic mass is 9.59. The van der Waals surface area contributed by atoms with Crippen LogP contribution >= 0.6 is 39.1 Å². The van der Waals surface area contributed by atoms with Gasteiger partial charge in [0, 0.05) is 64.0 Å². The van der Waals surface area contributed by atoms with Crippen molar-refractivity contribution < 1.29 is 23.9 Å². The van der Waals surface area contributed by atoms with Crippen LogP contribution in [0, 0.1) is 0 Å². The minimum absolute atomic E-state index is 0.0862. The summed E-state index contributed by atoms with van der Waals surface area (Å²) in [5, 5.41) is 7.24. The number of piperidine rings is 2. The molecule has 3 amide bonds. The van der Waals surface area contributed by atoms with Gasteiger partial charge in [-0.25, -0.2) is 4.79 Å². The van der Waals surface area contributed by atoms with Gasteiger partial charge in [-0.2, -0.15) is 0 Å². The van der Waals surface area contributed by atoms with E-state index in [1.807, 2.05) is 42.5 Å². The van der Waals surface area contributed by atoms with E-state index in [1.165, 1.54) is 0 Å². The summed E-state index contributed by atoms with van der Waals surface area (Å²) in [4.78, 5) is 41.7. The number of likely N-dealkylation sites (tertiary alicyclic amines) is 1. The third kappa shape index (κ3) is 5.47. The second-order valence-electron chi connectivity index (χ2n) is 11.0. The molecule has 3 heterocycles. The monoisotopic (exact) mass is 685 g/mol. The molecule has 1 spiro atoms. The molecule has 0 aliphatic carbocycles. The fourth-order valence-electron chi connectivity index (χ4n) is 6.67. The van der Waals surface area contributed by atoms with E-state index in [2.05, 4.69) is 26.6 Å². The topological polar surface area (TPSA) is 97.0 Å². The Morgan fingerprint density at radius 2 is 1.81 bits per heavy atom. The quantitative estimate of drug-likeness (QED) is 0.302. The van der Waals surface area contributed by atoms with Gasteiger partial charge in [-0.05, 0) is 60.5 Å². The summed E-state index contributed by atoms with van der Waals surface area (Å²) in [5.41, 5.74) is 1.57. The first-order chi connectivity index (χ1) is 20.7. The first kappa shape index (κ1) is 29.8. The summed E-state index contributed by atoms with van der Waals surface area (Å²) in [6.45, 7) is 3.12. The van der Waals surface area contributed by atoms with E-state index in [-0.39, 0.29) is 30.4 Å². The summed E-state index contributed by atoms with van der Waals surface area (Å²) in [5.74, 6) is -0.408. The SMILES string of the molecule is CCOC(=O)N1CCC(Oc2ccc(Br)cc2[C@H]2NC(=O)C[C@@H](c3cccc(Cl)c3)[C@]23C(=O)Nc2cc(Cl)ccc23)CC1. The van der Waals surface area contributed by atoms with Gasteiger partial charge in [0.05, 0.1) is 12.6 Å². The van der Waals surface area contributed by atoms with Crippen LogP contribution in [0.3, 0.4) is 0 Å². The van der Waals surface area contributed by atoms with Crippen LogP contribution < -0.4 is 15.4 Å². The first-order valence-corrected chi connectivity index (χ1v) is 15.8. The van der Waals surface area contributed by atoms with Gasteiger partial charge in [0.2, 0.25) is 11.8 Å². The lowest BCUT2D eigenvalue weighted by molar-refractivity contribution is -0.131. The van der Waals surface area contributed by atoms with E-state index >= 15 is 0 Å². The van der Waals surface area contributed by atoms with Crippen LogP contribution in [0.2, 0.25) is 10.0 Å². The van der Waals surface area contributed by atoms with E-state index in [0.29, 0.717) is 59.6 Å². The van der Waals surface area contributed by atoms with Gasteiger partial charge >= 0.3 is 6.09 Å². The summed E-state index contributed by atoms with van der Waals surface area (Å²) < 4.78 is 12.5. The fourth-order valence-corrected chi connectivity index (χ4v) is 7.42. The zero-order valence-corrected chi connectivity index (χ0v) is 26.5. The maximum absolute atomic E-state index is 14.4. The third-order valence-corrected chi connectivity index (χ3v) is 9.51. The highest BCUT2D eigenvalue weighted by Crippen LogP contribution is 2.58. The second kappa shape index (κ2) is 12.0. The fraction of sp³-hybridized carbons (Fsp3) is 0.344. The average Bonchev–Trinajstić information content (AvgIpc) is 3.26. The lowest BCUT2D eigenvalue weighted by Crippen LogP contribution is -2.57. The van der Waals surface area contributed by atoms with Gasteiger partial charge in [0.25, 0.3) is 0 Å². The summed E-state index contributed by atoms with van der Waals surface area (Å²) in [6, 6.07) is 17.5. The Bertz CT molecular complexity index is 1590. The Labute approximate surface area is 268 Å². The minimum atomic E-state index is -1.23. The third-order valence-electron chi connectivity index (χ3n) is 8.55. The van der Waals surface area contributed by atoms with Crippen molar-refractivity contribution in [1.29, 1.82) is 0 Å². The Morgan fingerprint density at radius 1 is 1.05 bits per heavy atom. The predicted molar refractivity (Wildman–Crippen MR) is 168 cm³/mol. The number of benzene rings is 3. The van der Waals surface area contributed by atoms with Crippen LogP contribution in [-0.2, 0) is 19.7 Å². The molecule has 3 atom stereocenters. The Balaban J connectivity index is 1.44. The number of amides is 3. The molecule has 3 aromatic rings. The molecule has 11 heteroatoms. The molecule has 6 rings (SSSR count). The van der Waals surface area contributed by atoms with Gasteiger partial charge in [-0.3, -0.25) is 9.59 Å². The summed E-state index contributed by atoms with van der Waals surface area (Å²) >= 11 is 16.4. The van der Waals surface area contributed by atoms with Crippen molar-refractivity contribution in [3.05, 3.63) is 91.9 Å².